The summed E-state index contributed by atoms with van der Waals surface area (Å²) in [6, 6.07) is 4.71. The first-order valence-electron chi connectivity index (χ1n) is 6.37. The summed E-state index contributed by atoms with van der Waals surface area (Å²) in [6.07, 6.45) is 4.57. The summed E-state index contributed by atoms with van der Waals surface area (Å²) in [6.45, 7) is 4.77. The van der Waals surface area contributed by atoms with Crippen LogP contribution >= 0.6 is 0 Å². The van der Waals surface area contributed by atoms with Gasteiger partial charge in [-0.25, -0.2) is 4.39 Å². The Hall–Kier alpha value is -1.72. The normalized spacial score (nSPS) is 12.6. The summed E-state index contributed by atoms with van der Waals surface area (Å²) in [7, 11) is 0. The lowest BCUT2D eigenvalue weighted by Crippen LogP contribution is -2.30. The SMILES string of the molecule is CCn1cc(CC(NN)c2ccc(F)cc2C)cn1. The van der Waals surface area contributed by atoms with Crippen LogP contribution in [0, 0.1) is 12.7 Å². The van der Waals surface area contributed by atoms with Crippen LogP contribution in [0.3, 0.4) is 0 Å². The van der Waals surface area contributed by atoms with E-state index in [0.717, 1.165) is 29.7 Å². The van der Waals surface area contributed by atoms with Crippen LogP contribution in [0.25, 0.3) is 0 Å². The van der Waals surface area contributed by atoms with Crippen molar-refractivity contribution in [1.82, 2.24) is 15.2 Å². The number of nitrogens with zero attached hydrogens (tertiary/aromatic N) is 2. The van der Waals surface area contributed by atoms with Crippen molar-refractivity contribution in [2.75, 3.05) is 0 Å². The number of benzene rings is 1. The molecule has 5 heteroatoms. The number of nitrogens with one attached hydrogen (secondary N) is 1. The molecule has 4 nitrogen and oxygen atoms in total. The molecule has 0 bridgehead atoms. The highest BCUT2D eigenvalue weighted by atomic mass is 19.1. The second-order valence-electron chi connectivity index (χ2n) is 4.63. The van der Waals surface area contributed by atoms with Crippen LogP contribution in [0.4, 0.5) is 4.39 Å². The molecule has 19 heavy (non-hydrogen) atoms. The van der Waals surface area contributed by atoms with Gasteiger partial charge in [0.2, 0.25) is 0 Å². The van der Waals surface area contributed by atoms with E-state index in [0.29, 0.717) is 0 Å². The lowest BCUT2D eigenvalue weighted by atomic mass is 9.97. The average molecular weight is 262 g/mol. The molecule has 0 aliphatic heterocycles. The molecule has 0 spiro atoms. The van der Waals surface area contributed by atoms with Crippen LogP contribution in [0.2, 0.25) is 0 Å². The van der Waals surface area contributed by atoms with E-state index in [4.69, 9.17) is 5.84 Å². The Morgan fingerprint density at radius 2 is 2.26 bits per heavy atom. The molecular formula is C14H19FN4. The molecule has 1 aromatic heterocycles. The number of aryl methyl sites for hydroxylation is 2. The van der Waals surface area contributed by atoms with E-state index in [1.165, 1.54) is 12.1 Å². The third-order valence-corrected chi connectivity index (χ3v) is 3.26. The molecule has 0 fully saturated rings. The molecule has 1 atom stereocenters. The number of hydrazine groups is 1. The maximum Gasteiger partial charge on any atom is 0.123 e. The summed E-state index contributed by atoms with van der Waals surface area (Å²) in [5.41, 5.74) is 5.80. The Balaban J connectivity index is 2.19. The van der Waals surface area contributed by atoms with Crippen molar-refractivity contribution >= 4 is 0 Å². The van der Waals surface area contributed by atoms with Gasteiger partial charge in [0, 0.05) is 12.7 Å². The Labute approximate surface area is 112 Å². The van der Waals surface area contributed by atoms with E-state index in [2.05, 4.69) is 10.5 Å². The van der Waals surface area contributed by atoms with Crippen LogP contribution in [0.1, 0.15) is 29.7 Å². The molecule has 0 saturated carbocycles. The largest absolute Gasteiger partial charge is 0.273 e. The number of aromatic nitrogens is 2. The summed E-state index contributed by atoms with van der Waals surface area (Å²) >= 11 is 0. The van der Waals surface area contributed by atoms with Gasteiger partial charge < -0.3 is 0 Å². The Kier molecular flexibility index (Phi) is 4.29. The second-order valence-corrected chi connectivity index (χ2v) is 4.63. The molecule has 2 aromatic rings. The standard InChI is InChI=1S/C14H19FN4/c1-3-19-9-11(8-17-19)7-14(18-16)13-5-4-12(15)6-10(13)2/h4-6,8-9,14,18H,3,7,16H2,1-2H3. The molecule has 0 radical (unpaired) electrons. The minimum atomic E-state index is -0.226. The highest BCUT2D eigenvalue weighted by molar-refractivity contribution is 5.30. The monoisotopic (exact) mass is 262 g/mol. The lowest BCUT2D eigenvalue weighted by Gasteiger charge is -2.17. The Morgan fingerprint density at radius 3 is 2.84 bits per heavy atom. The van der Waals surface area contributed by atoms with Gasteiger partial charge in [0.05, 0.1) is 12.2 Å². The van der Waals surface area contributed by atoms with Gasteiger partial charge in [-0.1, -0.05) is 6.07 Å². The molecule has 3 N–H and O–H groups in total. The van der Waals surface area contributed by atoms with Crippen LogP contribution in [0.15, 0.2) is 30.6 Å². The van der Waals surface area contributed by atoms with Crippen LogP contribution in [-0.4, -0.2) is 9.78 Å². The van der Waals surface area contributed by atoms with Crippen molar-refractivity contribution < 1.29 is 4.39 Å². The molecule has 0 aliphatic rings. The Morgan fingerprint density at radius 1 is 1.47 bits per heavy atom. The van der Waals surface area contributed by atoms with Gasteiger partial charge in [-0.3, -0.25) is 16.0 Å². The van der Waals surface area contributed by atoms with E-state index >= 15 is 0 Å². The van der Waals surface area contributed by atoms with Crippen molar-refractivity contribution in [3.8, 4) is 0 Å². The summed E-state index contributed by atoms with van der Waals surface area (Å²) in [5, 5.41) is 4.24. The van der Waals surface area contributed by atoms with Crippen LogP contribution < -0.4 is 11.3 Å². The maximum absolute atomic E-state index is 13.1. The predicted molar refractivity (Wildman–Crippen MR) is 72.8 cm³/mol. The van der Waals surface area contributed by atoms with Crippen molar-refractivity contribution in [2.24, 2.45) is 5.84 Å². The lowest BCUT2D eigenvalue weighted by molar-refractivity contribution is 0.545. The number of hydrogen-bond acceptors (Lipinski definition) is 3. The van der Waals surface area contributed by atoms with Gasteiger partial charge in [0.1, 0.15) is 5.82 Å². The zero-order valence-electron chi connectivity index (χ0n) is 11.2. The third kappa shape index (κ3) is 3.19. The first-order chi connectivity index (χ1) is 9.13. The highest BCUT2D eigenvalue weighted by Crippen LogP contribution is 2.21. The first kappa shape index (κ1) is 13.7. The zero-order chi connectivity index (χ0) is 13.8. The fraction of sp³-hybridized carbons (Fsp3) is 0.357. The summed E-state index contributed by atoms with van der Waals surface area (Å²) in [4.78, 5) is 0. The zero-order valence-corrected chi connectivity index (χ0v) is 11.2. The van der Waals surface area contributed by atoms with E-state index in [9.17, 15) is 4.39 Å². The van der Waals surface area contributed by atoms with Crippen molar-refractivity contribution in [2.45, 2.75) is 32.9 Å². The van der Waals surface area contributed by atoms with Crippen molar-refractivity contribution in [3.63, 3.8) is 0 Å². The maximum atomic E-state index is 13.1. The molecule has 1 aromatic carbocycles. The van der Waals surface area contributed by atoms with E-state index in [-0.39, 0.29) is 11.9 Å². The molecule has 1 heterocycles. The predicted octanol–water partition coefficient (Wildman–Crippen LogP) is 2.10. The van der Waals surface area contributed by atoms with E-state index < -0.39 is 0 Å². The number of hydrogen-bond donors (Lipinski definition) is 2. The second kappa shape index (κ2) is 5.95. The fourth-order valence-corrected chi connectivity index (χ4v) is 2.21. The van der Waals surface area contributed by atoms with Gasteiger partial charge in [0.15, 0.2) is 0 Å². The smallest absolute Gasteiger partial charge is 0.123 e. The van der Waals surface area contributed by atoms with Gasteiger partial charge >= 0.3 is 0 Å². The van der Waals surface area contributed by atoms with Gasteiger partial charge in [-0.2, -0.15) is 5.10 Å². The average Bonchev–Trinajstić information content (AvgIpc) is 2.84. The van der Waals surface area contributed by atoms with E-state index in [1.807, 2.05) is 30.9 Å². The van der Waals surface area contributed by atoms with Gasteiger partial charge in [-0.15, -0.1) is 0 Å². The minimum absolute atomic E-state index is 0.0462. The van der Waals surface area contributed by atoms with Gasteiger partial charge in [0.25, 0.3) is 0 Å². The molecule has 1 unspecified atom stereocenters. The van der Waals surface area contributed by atoms with Crippen LogP contribution in [-0.2, 0) is 13.0 Å². The first-order valence-corrected chi connectivity index (χ1v) is 6.37. The number of rotatable bonds is 5. The quantitative estimate of drug-likeness (QED) is 0.641. The Bertz CT molecular complexity index is 550. The molecular weight excluding hydrogens is 243 g/mol. The van der Waals surface area contributed by atoms with Crippen molar-refractivity contribution in [3.05, 3.63) is 53.1 Å². The molecule has 0 aliphatic carbocycles. The molecule has 2 rings (SSSR count). The summed E-state index contributed by atoms with van der Waals surface area (Å²) in [5.74, 6) is 5.40. The third-order valence-electron chi connectivity index (χ3n) is 3.26. The molecule has 102 valence electrons. The highest BCUT2D eigenvalue weighted by Gasteiger charge is 2.14. The number of halogens is 1. The molecule has 0 saturated heterocycles. The molecule has 0 amide bonds. The van der Waals surface area contributed by atoms with Gasteiger partial charge in [-0.05, 0) is 49.1 Å². The van der Waals surface area contributed by atoms with Crippen LogP contribution in [0.5, 0.6) is 0 Å². The number of nitrogens with two attached hydrogens (primary N) is 1. The van der Waals surface area contributed by atoms with Crippen molar-refractivity contribution in [1.29, 1.82) is 0 Å². The summed E-state index contributed by atoms with van der Waals surface area (Å²) < 4.78 is 15.0. The topological polar surface area (TPSA) is 55.9 Å². The minimum Gasteiger partial charge on any atom is -0.273 e. The fourth-order valence-electron chi connectivity index (χ4n) is 2.21. The van der Waals surface area contributed by atoms with E-state index in [1.54, 1.807) is 6.07 Å².